The smallest absolute Gasteiger partial charge is 0.0838 e. The molecule has 0 aliphatic carbocycles. The molecule has 0 saturated carbocycles. The van der Waals surface area contributed by atoms with Gasteiger partial charge in [0, 0.05) is 17.7 Å². The summed E-state index contributed by atoms with van der Waals surface area (Å²) in [7, 11) is 0. The Morgan fingerprint density at radius 3 is 2.82 bits per heavy atom. The van der Waals surface area contributed by atoms with Crippen LogP contribution in [0.1, 0.15) is 19.5 Å². The summed E-state index contributed by atoms with van der Waals surface area (Å²) in [6.07, 6.45) is 0. The van der Waals surface area contributed by atoms with Gasteiger partial charge in [-0.1, -0.05) is 32.0 Å². The first-order valence-corrected chi connectivity index (χ1v) is 7.03. The average Bonchev–Trinajstić information content (AvgIpc) is 2.68. The van der Waals surface area contributed by atoms with Crippen LogP contribution in [0.4, 0.5) is 0 Å². The lowest BCUT2D eigenvalue weighted by atomic mass is 10.2. The van der Waals surface area contributed by atoms with Gasteiger partial charge in [-0.05, 0) is 11.3 Å². The fourth-order valence-corrected chi connectivity index (χ4v) is 2.64. The van der Waals surface area contributed by atoms with Crippen molar-refractivity contribution in [1.82, 2.24) is 9.78 Å². The first-order valence-electron chi connectivity index (χ1n) is 5.98. The topological polar surface area (TPSA) is 43.8 Å². The molecule has 4 heteroatoms. The number of benzene rings is 1. The van der Waals surface area contributed by atoms with Crippen LogP contribution >= 0.6 is 11.8 Å². The summed E-state index contributed by atoms with van der Waals surface area (Å²) in [5, 5.41) is 6.44. The molecule has 3 nitrogen and oxygen atoms in total. The molecule has 2 N–H and O–H groups in total. The third-order valence-electron chi connectivity index (χ3n) is 2.68. The quantitative estimate of drug-likeness (QED) is 0.886. The Morgan fingerprint density at radius 1 is 1.35 bits per heavy atom. The predicted octanol–water partition coefficient (Wildman–Crippen LogP) is 2.64. The molecule has 0 aliphatic heterocycles. The molecule has 0 amide bonds. The molecule has 0 unspecified atom stereocenters. The van der Waals surface area contributed by atoms with Crippen LogP contribution in [-0.4, -0.2) is 20.8 Å². The maximum atomic E-state index is 5.73. The Labute approximate surface area is 106 Å². The molecule has 0 atom stereocenters. The molecule has 1 heterocycles. The molecule has 0 fully saturated rings. The molecule has 92 valence electrons. The number of hydrogen-bond acceptors (Lipinski definition) is 3. The van der Waals surface area contributed by atoms with Crippen molar-refractivity contribution < 1.29 is 0 Å². The van der Waals surface area contributed by atoms with Gasteiger partial charge in [0.15, 0.2) is 0 Å². The van der Waals surface area contributed by atoms with Crippen LogP contribution in [0.15, 0.2) is 24.3 Å². The van der Waals surface area contributed by atoms with Crippen molar-refractivity contribution >= 4 is 22.7 Å². The van der Waals surface area contributed by atoms with E-state index >= 15 is 0 Å². The lowest BCUT2D eigenvalue weighted by molar-refractivity contribution is 0.674. The summed E-state index contributed by atoms with van der Waals surface area (Å²) in [5.74, 6) is 1.09. The lowest BCUT2D eigenvalue weighted by Crippen LogP contribution is -2.05. The Morgan fingerprint density at radius 2 is 2.12 bits per heavy atom. The van der Waals surface area contributed by atoms with E-state index in [0.717, 1.165) is 18.0 Å². The van der Waals surface area contributed by atoms with Crippen LogP contribution < -0.4 is 5.73 Å². The highest BCUT2D eigenvalue weighted by atomic mass is 32.2. The highest BCUT2D eigenvalue weighted by Crippen LogP contribution is 2.19. The van der Waals surface area contributed by atoms with Gasteiger partial charge in [0.05, 0.1) is 17.8 Å². The average molecular weight is 249 g/mol. The summed E-state index contributed by atoms with van der Waals surface area (Å²) in [4.78, 5) is 0. The fourth-order valence-electron chi connectivity index (χ4n) is 1.89. The van der Waals surface area contributed by atoms with Gasteiger partial charge in [0.2, 0.25) is 0 Å². The van der Waals surface area contributed by atoms with Crippen molar-refractivity contribution in [2.24, 2.45) is 5.73 Å². The molecule has 0 saturated heterocycles. The largest absolute Gasteiger partial charge is 0.325 e. The van der Waals surface area contributed by atoms with Gasteiger partial charge in [-0.25, -0.2) is 0 Å². The monoisotopic (exact) mass is 249 g/mol. The summed E-state index contributed by atoms with van der Waals surface area (Å²) >= 11 is 1.96. The van der Waals surface area contributed by atoms with E-state index in [2.05, 4.69) is 41.8 Å². The summed E-state index contributed by atoms with van der Waals surface area (Å²) < 4.78 is 2.08. The van der Waals surface area contributed by atoms with Crippen LogP contribution in [0.5, 0.6) is 0 Å². The summed E-state index contributed by atoms with van der Waals surface area (Å²) in [5.41, 5.74) is 7.91. The minimum atomic E-state index is 0.505. The number of nitrogens with zero attached hydrogens (tertiary/aromatic N) is 2. The maximum Gasteiger partial charge on any atom is 0.0838 e. The number of aromatic nitrogens is 2. The van der Waals surface area contributed by atoms with E-state index in [-0.39, 0.29) is 0 Å². The van der Waals surface area contributed by atoms with Gasteiger partial charge in [0.25, 0.3) is 0 Å². The zero-order valence-corrected chi connectivity index (χ0v) is 11.2. The van der Waals surface area contributed by atoms with E-state index in [9.17, 15) is 0 Å². The third-order valence-corrected chi connectivity index (χ3v) is 3.77. The van der Waals surface area contributed by atoms with E-state index in [0.29, 0.717) is 11.8 Å². The lowest BCUT2D eigenvalue weighted by Gasteiger charge is -2.05. The van der Waals surface area contributed by atoms with Crippen LogP contribution in [0.2, 0.25) is 0 Å². The molecule has 1 aromatic heterocycles. The van der Waals surface area contributed by atoms with Crippen LogP contribution in [-0.2, 0) is 13.1 Å². The van der Waals surface area contributed by atoms with E-state index < -0.39 is 0 Å². The minimum absolute atomic E-state index is 0.505. The number of fused-ring (bicyclic) bond motifs is 1. The molecule has 0 spiro atoms. The molecule has 2 rings (SSSR count). The molecule has 0 bridgehead atoms. The van der Waals surface area contributed by atoms with E-state index in [1.165, 1.54) is 10.9 Å². The Kier molecular flexibility index (Phi) is 4.07. The second-order valence-corrected chi connectivity index (χ2v) is 6.00. The zero-order valence-electron chi connectivity index (χ0n) is 10.4. The van der Waals surface area contributed by atoms with Crippen molar-refractivity contribution in [2.75, 3.05) is 5.75 Å². The van der Waals surface area contributed by atoms with Crippen molar-refractivity contribution in [3.63, 3.8) is 0 Å². The second-order valence-electron chi connectivity index (χ2n) is 4.31. The number of para-hydroxylation sites is 1. The Bertz CT molecular complexity index is 490. The highest BCUT2D eigenvalue weighted by molar-refractivity contribution is 7.99. The van der Waals surface area contributed by atoms with Gasteiger partial charge < -0.3 is 5.73 Å². The molecule has 1 aromatic carbocycles. The molecular weight excluding hydrogens is 230 g/mol. The fraction of sp³-hybridized carbons (Fsp3) is 0.462. The minimum Gasteiger partial charge on any atom is -0.325 e. The van der Waals surface area contributed by atoms with Crippen molar-refractivity contribution in [1.29, 1.82) is 0 Å². The van der Waals surface area contributed by atoms with Crippen molar-refractivity contribution in [3.8, 4) is 0 Å². The SMILES string of the molecule is CC(C)SCCn1nc(CN)c2ccccc21. The van der Waals surface area contributed by atoms with E-state index in [1.54, 1.807) is 0 Å². The van der Waals surface area contributed by atoms with Gasteiger partial charge in [-0.3, -0.25) is 4.68 Å². The number of thioether (sulfide) groups is 1. The van der Waals surface area contributed by atoms with Crippen molar-refractivity contribution in [2.45, 2.75) is 32.2 Å². The zero-order chi connectivity index (χ0) is 12.3. The molecule has 17 heavy (non-hydrogen) atoms. The van der Waals surface area contributed by atoms with Crippen LogP contribution in [0.3, 0.4) is 0 Å². The number of nitrogens with two attached hydrogens (primary N) is 1. The highest BCUT2D eigenvalue weighted by Gasteiger charge is 2.08. The Hall–Kier alpha value is -1.00. The van der Waals surface area contributed by atoms with Crippen molar-refractivity contribution in [3.05, 3.63) is 30.0 Å². The third kappa shape index (κ3) is 2.82. The predicted molar refractivity (Wildman–Crippen MR) is 75.2 cm³/mol. The van der Waals surface area contributed by atoms with Gasteiger partial charge in [0.1, 0.15) is 0 Å². The van der Waals surface area contributed by atoms with Crippen LogP contribution in [0.25, 0.3) is 10.9 Å². The van der Waals surface area contributed by atoms with Gasteiger partial charge >= 0.3 is 0 Å². The first kappa shape index (κ1) is 12.5. The first-order chi connectivity index (χ1) is 8.22. The Balaban J connectivity index is 2.22. The van der Waals surface area contributed by atoms with Crippen LogP contribution in [0, 0.1) is 0 Å². The molecular formula is C13H19N3S. The normalized spacial score (nSPS) is 11.5. The van der Waals surface area contributed by atoms with E-state index in [4.69, 9.17) is 5.73 Å². The summed E-state index contributed by atoms with van der Waals surface area (Å²) in [6.45, 7) is 5.89. The molecule has 2 aromatic rings. The van der Waals surface area contributed by atoms with Gasteiger partial charge in [-0.15, -0.1) is 0 Å². The molecule has 0 aliphatic rings. The second kappa shape index (κ2) is 5.56. The standard InChI is InChI=1S/C13H19N3S/c1-10(2)17-8-7-16-13-6-4-3-5-11(13)12(9-14)15-16/h3-6,10H,7-9,14H2,1-2H3. The summed E-state index contributed by atoms with van der Waals surface area (Å²) in [6, 6.07) is 8.30. The number of hydrogen-bond donors (Lipinski definition) is 1. The number of rotatable bonds is 5. The molecule has 0 radical (unpaired) electrons. The maximum absolute atomic E-state index is 5.73. The number of aryl methyl sites for hydroxylation is 1. The van der Waals surface area contributed by atoms with Gasteiger partial charge in [-0.2, -0.15) is 16.9 Å². The van der Waals surface area contributed by atoms with E-state index in [1.807, 2.05) is 17.8 Å².